The Labute approximate surface area is 284 Å². The van der Waals surface area contributed by atoms with Crippen LogP contribution in [0.25, 0.3) is 6.08 Å². The van der Waals surface area contributed by atoms with Gasteiger partial charge in [-0.25, -0.2) is 4.99 Å². The lowest BCUT2D eigenvalue weighted by Gasteiger charge is -2.16. The van der Waals surface area contributed by atoms with Gasteiger partial charge in [0, 0.05) is 25.7 Å². The van der Waals surface area contributed by atoms with Crippen LogP contribution >= 0.6 is 90.0 Å². The molecule has 0 saturated carbocycles. The summed E-state index contributed by atoms with van der Waals surface area (Å²) in [5.41, 5.74) is 4.70. The molecule has 0 aliphatic carbocycles. The summed E-state index contributed by atoms with van der Waals surface area (Å²) >= 11 is 33.6. The van der Waals surface area contributed by atoms with Gasteiger partial charge in [-0.05, 0) is 129 Å². The van der Waals surface area contributed by atoms with Crippen molar-refractivity contribution in [2.45, 2.75) is 20.5 Å². The molecule has 4 nitrogen and oxygen atoms in total. The second-order valence-corrected chi connectivity index (χ2v) is 13.7. The molecule has 1 aliphatic rings. The number of halogens is 6. The Hall–Kier alpha value is -1.97. The fourth-order valence-electron chi connectivity index (χ4n) is 4.00. The van der Waals surface area contributed by atoms with Crippen molar-refractivity contribution in [2.24, 2.45) is 4.99 Å². The molecule has 0 unspecified atom stereocenters. The number of amides is 1. The molecule has 1 heterocycles. The zero-order valence-corrected chi connectivity index (χ0v) is 29.0. The number of ether oxygens (including phenoxy) is 1. The Morgan fingerprint density at radius 2 is 1.52 bits per heavy atom. The van der Waals surface area contributed by atoms with Crippen LogP contribution in [0, 0.1) is 13.8 Å². The molecule has 1 aliphatic heterocycles. The Morgan fingerprint density at radius 1 is 0.857 bits per heavy atom. The van der Waals surface area contributed by atoms with Crippen LogP contribution < -0.4 is 9.64 Å². The van der Waals surface area contributed by atoms with Crippen molar-refractivity contribution in [2.75, 3.05) is 4.90 Å². The van der Waals surface area contributed by atoms with E-state index in [1.54, 1.807) is 29.2 Å². The molecule has 214 valence electrons. The third-order valence-electron chi connectivity index (χ3n) is 6.31. The summed E-state index contributed by atoms with van der Waals surface area (Å²) in [7, 11) is 0. The van der Waals surface area contributed by atoms with Gasteiger partial charge in [0.1, 0.15) is 12.4 Å². The summed E-state index contributed by atoms with van der Waals surface area (Å²) in [4.78, 5) is 20.6. The van der Waals surface area contributed by atoms with E-state index >= 15 is 0 Å². The Morgan fingerprint density at radius 3 is 2.17 bits per heavy atom. The number of aliphatic imine (C=N–C) groups is 1. The monoisotopic (exact) mass is 782 g/mol. The molecule has 42 heavy (non-hydrogen) atoms. The van der Waals surface area contributed by atoms with Crippen molar-refractivity contribution in [3.05, 3.63) is 123 Å². The van der Waals surface area contributed by atoms with Crippen LogP contribution in [0.5, 0.6) is 5.75 Å². The van der Waals surface area contributed by atoms with E-state index < -0.39 is 0 Å². The zero-order chi connectivity index (χ0) is 30.1. The summed E-state index contributed by atoms with van der Waals surface area (Å²) in [6.07, 6.45) is 1.82. The number of hydrogen-bond donors (Lipinski definition) is 0. The number of rotatable bonds is 6. The topological polar surface area (TPSA) is 41.9 Å². The highest BCUT2D eigenvalue weighted by Crippen LogP contribution is 2.41. The van der Waals surface area contributed by atoms with E-state index in [0.717, 1.165) is 22.3 Å². The molecule has 0 N–H and O–H groups in total. The van der Waals surface area contributed by atoms with Gasteiger partial charge in [0.25, 0.3) is 5.91 Å². The third kappa shape index (κ3) is 7.05. The van der Waals surface area contributed by atoms with Crippen LogP contribution in [0.3, 0.4) is 0 Å². The van der Waals surface area contributed by atoms with Crippen LogP contribution in [-0.2, 0) is 11.4 Å². The van der Waals surface area contributed by atoms with Crippen LogP contribution in [0.1, 0.15) is 22.3 Å². The Bertz CT molecular complexity index is 1770. The summed E-state index contributed by atoms with van der Waals surface area (Å²) in [6, 6.07) is 20.1. The smallest absolute Gasteiger partial charge is 0.271 e. The first-order valence-corrected chi connectivity index (χ1v) is 16.3. The van der Waals surface area contributed by atoms with E-state index in [2.05, 4.69) is 31.9 Å². The first kappa shape index (κ1) is 31.5. The van der Waals surface area contributed by atoms with Gasteiger partial charge in [0.15, 0.2) is 5.17 Å². The predicted molar refractivity (Wildman–Crippen MR) is 185 cm³/mol. The molecule has 4 aromatic rings. The maximum atomic E-state index is 13.8. The van der Waals surface area contributed by atoms with Gasteiger partial charge in [-0.3, -0.25) is 9.69 Å². The Kier molecular flexibility index (Phi) is 10.00. The highest BCUT2D eigenvalue weighted by Gasteiger charge is 2.35. The molecule has 11 heteroatoms. The highest BCUT2D eigenvalue weighted by atomic mass is 79.9. The lowest BCUT2D eigenvalue weighted by molar-refractivity contribution is -0.113. The van der Waals surface area contributed by atoms with Crippen LogP contribution in [0.2, 0.25) is 20.1 Å². The fourth-order valence-corrected chi connectivity index (χ4v) is 7.26. The summed E-state index contributed by atoms with van der Waals surface area (Å²) in [5.74, 6) is 0.379. The molecular weight excluding hydrogens is 766 g/mol. The average molecular weight is 786 g/mol. The number of amidine groups is 1. The van der Waals surface area contributed by atoms with Crippen molar-refractivity contribution in [1.29, 1.82) is 0 Å². The lowest BCUT2D eigenvalue weighted by Crippen LogP contribution is -2.28. The van der Waals surface area contributed by atoms with Crippen LogP contribution in [-0.4, -0.2) is 11.1 Å². The quantitative estimate of drug-likeness (QED) is 0.183. The van der Waals surface area contributed by atoms with Gasteiger partial charge >= 0.3 is 0 Å². The van der Waals surface area contributed by atoms with E-state index in [1.807, 2.05) is 62.4 Å². The zero-order valence-electron chi connectivity index (χ0n) is 22.0. The number of benzene rings is 4. The van der Waals surface area contributed by atoms with Gasteiger partial charge < -0.3 is 4.74 Å². The lowest BCUT2D eigenvalue weighted by atomic mass is 10.2. The number of carbonyl (C=O) groups is 1. The van der Waals surface area contributed by atoms with Gasteiger partial charge in [0.2, 0.25) is 0 Å². The van der Waals surface area contributed by atoms with Crippen molar-refractivity contribution >= 4 is 119 Å². The number of aryl methyl sites for hydroxylation is 2. The molecule has 5 rings (SSSR count). The second kappa shape index (κ2) is 13.3. The summed E-state index contributed by atoms with van der Waals surface area (Å²) < 4.78 is 7.46. The second-order valence-electron chi connectivity index (χ2n) is 9.35. The number of carbonyl (C=O) groups excluding carboxylic acids is 1. The number of anilines is 1. The van der Waals surface area contributed by atoms with E-state index in [0.29, 0.717) is 56.2 Å². The maximum absolute atomic E-state index is 13.8. The molecule has 1 fully saturated rings. The van der Waals surface area contributed by atoms with Gasteiger partial charge in [-0.1, -0.05) is 64.6 Å². The molecule has 4 aromatic carbocycles. The van der Waals surface area contributed by atoms with E-state index in [4.69, 9.17) is 56.1 Å². The Balaban J connectivity index is 1.47. The van der Waals surface area contributed by atoms with Crippen LogP contribution in [0.4, 0.5) is 11.4 Å². The molecule has 1 amide bonds. The summed E-state index contributed by atoms with van der Waals surface area (Å²) in [6.45, 7) is 4.08. The van der Waals surface area contributed by atoms with E-state index in [1.165, 1.54) is 11.8 Å². The van der Waals surface area contributed by atoms with Crippen molar-refractivity contribution in [3.8, 4) is 5.75 Å². The maximum Gasteiger partial charge on any atom is 0.271 e. The van der Waals surface area contributed by atoms with Crippen molar-refractivity contribution < 1.29 is 9.53 Å². The fraction of sp³-hybridized carbons (Fsp3) is 0.0968. The predicted octanol–water partition coefficient (Wildman–Crippen LogP) is 11.8. The van der Waals surface area contributed by atoms with Crippen molar-refractivity contribution in [1.82, 2.24) is 0 Å². The van der Waals surface area contributed by atoms with Gasteiger partial charge in [-0.15, -0.1) is 0 Å². The third-order valence-corrected chi connectivity index (χ3v) is 9.85. The normalized spacial score (nSPS) is 15.2. The first-order valence-electron chi connectivity index (χ1n) is 12.4. The molecule has 0 radical (unpaired) electrons. The van der Waals surface area contributed by atoms with Crippen LogP contribution in [0.15, 0.2) is 85.6 Å². The SMILES string of the molecule is Cc1ccc(N=C2S/C(=C/c3cc(Br)c(OCc4ccc(Cl)cc4Cl)c(Br)c3)C(=O)N2c2ccc(C)c(Cl)c2)cc1Cl. The number of nitrogens with zero attached hydrogens (tertiary/aromatic N) is 2. The minimum atomic E-state index is -0.221. The minimum Gasteiger partial charge on any atom is -0.486 e. The van der Waals surface area contributed by atoms with Gasteiger partial charge in [-0.2, -0.15) is 0 Å². The van der Waals surface area contributed by atoms with Crippen molar-refractivity contribution in [3.63, 3.8) is 0 Å². The minimum absolute atomic E-state index is 0.221. The number of thioether (sulfide) groups is 1. The molecular formula is C31H20Br2Cl4N2O2S. The number of hydrogen-bond acceptors (Lipinski definition) is 4. The largest absolute Gasteiger partial charge is 0.486 e. The van der Waals surface area contributed by atoms with E-state index in [9.17, 15) is 4.79 Å². The highest BCUT2D eigenvalue weighted by molar-refractivity contribution is 9.11. The standard InChI is InChI=1S/C31H20Br2Cl4N2O2S/c1-16-3-7-21(13-25(16)35)38-31-39(22-8-4-17(2)26(36)14-22)30(40)28(42-31)11-18-9-23(32)29(24(33)10-18)41-15-19-5-6-20(34)12-27(19)37/h3-14H,15H2,1-2H3/b28-11+,38-31?. The average Bonchev–Trinajstić information content (AvgIpc) is 3.22. The van der Waals surface area contributed by atoms with Gasteiger partial charge in [0.05, 0.1) is 25.2 Å². The molecule has 0 spiro atoms. The molecule has 1 saturated heterocycles. The molecule has 0 bridgehead atoms. The summed E-state index contributed by atoms with van der Waals surface area (Å²) in [5, 5.41) is 2.73. The molecule has 0 atom stereocenters. The molecule has 0 aromatic heterocycles. The first-order chi connectivity index (χ1) is 20.0. The van der Waals surface area contributed by atoms with E-state index in [-0.39, 0.29) is 12.5 Å².